The van der Waals surface area contributed by atoms with Crippen molar-refractivity contribution in [3.8, 4) is 6.07 Å². The number of esters is 1. The molecule has 0 bridgehead atoms. The maximum absolute atomic E-state index is 12.2. The summed E-state index contributed by atoms with van der Waals surface area (Å²) in [6, 6.07) is 15.4. The van der Waals surface area contributed by atoms with Crippen molar-refractivity contribution in [3.05, 3.63) is 65.2 Å². The topological polar surface area (TPSA) is 88.4 Å². The van der Waals surface area contributed by atoms with E-state index in [4.69, 9.17) is 14.7 Å². The zero-order valence-electron chi connectivity index (χ0n) is 14.0. The summed E-state index contributed by atoms with van der Waals surface area (Å²) in [4.78, 5) is 24.4. The quantitative estimate of drug-likeness (QED) is 0.818. The second-order valence-corrected chi connectivity index (χ2v) is 5.33. The third-order valence-corrected chi connectivity index (χ3v) is 3.43. The van der Waals surface area contributed by atoms with Gasteiger partial charge in [-0.05, 0) is 36.8 Å². The second kappa shape index (κ2) is 8.62. The molecule has 6 heteroatoms. The molecule has 0 unspecified atom stereocenters. The first-order chi connectivity index (χ1) is 12.0. The van der Waals surface area contributed by atoms with Gasteiger partial charge in [0.25, 0.3) is 5.91 Å². The van der Waals surface area contributed by atoms with Gasteiger partial charge in [0.2, 0.25) is 0 Å². The van der Waals surface area contributed by atoms with Crippen molar-refractivity contribution in [2.24, 2.45) is 0 Å². The molecule has 2 aromatic carbocycles. The van der Waals surface area contributed by atoms with Crippen LogP contribution in [0.4, 0.5) is 5.69 Å². The lowest BCUT2D eigenvalue weighted by molar-refractivity contribution is -0.123. The van der Waals surface area contributed by atoms with Gasteiger partial charge in [-0.2, -0.15) is 5.26 Å². The van der Waals surface area contributed by atoms with E-state index in [1.807, 2.05) is 12.1 Å². The first-order valence-corrected chi connectivity index (χ1v) is 7.64. The van der Waals surface area contributed by atoms with Gasteiger partial charge in [-0.25, -0.2) is 4.79 Å². The van der Waals surface area contributed by atoms with E-state index in [0.29, 0.717) is 23.4 Å². The van der Waals surface area contributed by atoms with E-state index in [1.54, 1.807) is 49.6 Å². The molecule has 0 aliphatic carbocycles. The average molecular weight is 338 g/mol. The number of anilines is 1. The molecular weight excluding hydrogens is 320 g/mol. The van der Waals surface area contributed by atoms with Crippen LogP contribution in [0.25, 0.3) is 0 Å². The number of amides is 1. The molecule has 0 aliphatic rings. The molecule has 0 fully saturated rings. The zero-order chi connectivity index (χ0) is 18.2. The minimum atomic E-state index is -1.01. The van der Waals surface area contributed by atoms with E-state index in [9.17, 15) is 9.59 Å². The van der Waals surface area contributed by atoms with Crippen LogP contribution in [0.2, 0.25) is 0 Å². The maximum Gasteiger partial charge on any atom is 0.338 e. The summed E-state index contributed by atoms with van der Waals surface area (Å²) in [5.74, 6) is -1.11. The number of benzene rings is 2. The first kappa shape index (κ1) is 18.2. The Morgan fingerprint density at radius 1 is 1.20 bits per heavy atom. The lowest BCUT2D eigenvalue weighted by Gasteiger charge is -2.14. The fraction of sp³-hybridized carbons (Fsp3) is 0.211. The summed E-state index contributed by atoms with van der Waals surface area (Å²) in [5.41, 5.74) is 1.88. The number of ether oxygens (including phenoxy) is 2. The highest BCUT2D eigenvalue weighted by molar-refractivity contribution is 5.98. The number of carbonyl (C=O) groups excluding carboxylic acids is 2. The Kier molecular flexibility index (Phi) is 6.26. The normalized spacial score (nSPS) is 11.2. The van der Waals surface area contributed by atoms with Crippen LogP contribution in [0.5, 0.6) is 0 Å². The van der Waals surface area contributed by atoms with E-state index >= 15 is 0 Å². The Balaban J connectivity index is 2.02. The minimum absolute atomic E-state index is 0.335. The van der Waals surface area contributed by atoms with Gasteiger partial charge in [-0.3, -0.25) is 4.79 Å². The number of nitrogens with zero attached hydrogens (tertiary/aromatic N) is 1. The maximum atomic E-state index is 12.2. The van der Waals surface area contributed by atoms with E-state index < -0.39 is 18.0 Å². The number of nitriles is 1. The van der Waals surface area contributed by atoms with Crippen LogP contribution in [0, 0.1) is 11.3 Å². The minimum Gasteiger partial charge on any atom is -0.449 e. The predicted octanol–water partition coefficient (Wildman–Crippen LogP) is 2.89. The van der Waals surface area contributed by atoms with E-state index in [2.05, 4.69) is 5.32 Å². The number of nitrogens with one attached hydrogen (secondary N) is 1. The summed E-state index contributed by atoms with van der Waals surface area (Å²) < 4.78 is 10.2. The molecule has 0 aliphatic heterocycles. The summed E-state index contributed by atoms with van der Waals surface area (Å²) >= 11 is 0. The summed E-state index contributed by atoms with van der Waals surface area (Å²) in [7, 11) is 1.57. The molecule has 0 saturated carbocycles. The molecule has 128 valence electrons. The van der Waals surface area contributed by atoms with Gasteiger partial charge < -0.3 is 14.8 Å². The molecule has 2 rings (SSSR count). The van der Waals surface area contributed by atoms with E-state index in [1.165, 1.54) is 6.92 Å². The average Bonchev–Trinajstić information content (AvgIpc) is 2.62. The van der Waals surface area contributed by atoms with Gasteiger partial charge in [0.1, 0.15) is 6.07 Å². The third kappa shape index (κ3) is 4.90. The van der Waals surface area contributed by atoms with Crippen LogP contribution in [-0.2, 0) is 20.9 Å². The van der Waals surface area contributed by atoms with Crippen molar-refractivity contribution in [2.75, 3.05) is 12.4 Å². The summed E-state index contributed by atoms with van der Waals surface area (Å²) in [6.07, 6.45) is -1.01. The predicted molar refractivity (Wildman–Crippen MR) is 91.8 cm³/mol. The van der Waals surface area contributed by atoms with Gasteiger partial charge in [-0.1, -0.05) is 24.3 Å². The Hall–Kier alpha value is -3.17. The number of carbonyl (C=O) groups is 2. The monoisotopic (exact) mass is 338 g/mol. The van der Waals surface area contributed by atoms with Gasteiger partial charge in [0, 0.05) is 7.11 Å². The Morgan fingerprint density at radius 3 is 2.68 bits per heavy atom. The van der Waals surface area contributed by atoms with E-state index in [0.717, 1.165) is 5.56 Å². The molecule has 0 heterocycles. The summed E-state index contributed by atoms with van der Waals surface area (Å²) in [6.45, 7) is 1.85. The van der Waals surface area contributed by atoms with Crippen molar-refractivity contribution in [3.63, 3.8) is 0 Å². The van der Waals surface area contributed by atoms with Crippen LogP contribution in [0.1, 0.15) is 28.4 Å². The van der Waals surface area contributed by atoms with Crippen LogP contribution >= 0.6 is 0 Å². The van der Waals surface area contributed by atoms with Gasteiger partial charge in [0.05, 0.1) is 23.4 Å². The lowest BCUT2D eigenvalue weighted by atomic mass is 10.1. The van der Waals surface area contributed by atoms with Gasteiger partial charge >= 0.3 is 5.97 Å². The number of hydrogen-bond donors (Lipinski definition) is 1. The fourth-order valence-electron chi connectivity index (χ4n) is 2.16. The van der Waals surface area contributed by atoms with Crippen LogP contribution in [0.3, 0.4) is 0 Å². The zero-order valence-corrected chi connectivity index (χ0v) is 14.0. The molecule has 0 saturated heterocycles. The third-order valence-electron chi connectivity index (χ3n) is 3.43. The molecule has 1 atom stereocenters. The lowest BCUT2D eigenvalue weighted by Crippen LogP contribution is -2.30. The Bertz CT molecular complexity index is 811. The van der Waals surface area contributed by atoms with Gasteiger partial charge in [-0.15, -0.1) is 0 Å². The van der Waals surface area contributed by atoms with Crippen molar-refractivity contribution >= 4 is 17.6 Å². The Morgan fingerprint density at radius 2 is 1.96 bits per heavy atom. The largest absolute Gasteiger partial charge is 0.449 e. The second-order valence-electron chi connectivity index (χ2n) is 5.33. The van der Waals surface area contributed by atoms with Crippen molar-refractivity contribution in [1.82, 2.24) is 0 Å². The van der Waals surface area contributed by atoms with Crippen LogP contribution < -0.4 is 5.32 Å². The smallest absolute Gasteiger partial charge is 0.338 e. The van der Waals surface area contributed by atoms with Crippen LogP contribution in [-0.4, -0.2) is 25.1 Å². The fourth-order valence-corrected chi connectivity index (χ4v) is 2.16. The SMILES string of the molecule is COCc1cccc(C(=O)O[C@@H](C)C(=O)Nc2ccccc2C#N)c1. The highest BCUT2D eigenvalue weighted by Crippen LogP contribution is 2.15. The van der Waals surface area contributed by atoms with Crippen LogP contribution in [0.15, 0.2) is 48.5 Å². The molecule has 1 N–H and O–H groups in total. The highest BCUT2D eigenvalue weighted by atomic mass is 16.5. The van der Waals surface area contributed by atoms with E-state index in [-0.39, 0.29) is 0 Å². The van der Waals surface area contributed by atoms with Crippen molar-refractivity contribution in [1.29, 1.82) is 5.26 Å². The number of para-hydroxylation sites is 1. The summed E-state index contributed by atoms with van der Waals surface area (Å²) in [5, 5.41) is 11.6. The van der Waals surface area contributed by atoms with Gasteiger partial charge in [0.15, 0.2) is 6.10 Å². The molecule has 2 aromatic rings. The van der Waals surface area contributed by atoms with Crippen molar-refractivity contribution < 1.29 is 19.1 Å². The molecule has 0 aromatic heterocycles. The molecule has 1 amide bonds. The molecule has 0 radical (unpaired) electrons. The number of methoxy groups -OCH3 is 1. The standard InChI is InChI=1S/C19H18N2O4/c1-13(18(22)21-17-9-4-3-7-16(17)11-20)25-19(23)15-8-5-6-14(10-15)12-24-2/h3-10,13H,12H2,1-2H3,(H,21,22)/t13-/m0/s1. The first-order valence-electron chi connectivity index (χ1n) is 7.64. The Labute approximate surface area is 146 Å². The molecule has 0 spiro atoms. The molecule has 25 heavy (non-hydrogen) atoms. The number of hydrogen-bond acceptors (Lipinski definition) is 5. The molecule has 6 nitrogen and oxygen atoms in total. The number of rotatable bonds is 6. The highest BCUT2D eigenvalue weighted by Gasteiger charge is 2.20. The molecular formula is C19H18N2O4. The van der Waals surface area contributed by atoms with Crippen molar-refractivity contribution in [2.45, 2.75) is 19.6 Å².